The molecule has 0 atom stereocenters. The number of hydrogen-bond acceptors (Lipinski definition) is 3. The molecule has 1 rings (SSSR count). The van der Waals surface area contributed by atoms with E-state index in [2.05, 4.69) is 33.8 Å². The van der Waals surface area contributed by atoms with Crippen LogP contribution in [0.15, 0.2) is 9.76 Å². The quantitative estimate of drug-likeness (QED) is 0.699. The van der Waals surface area contributed by atoms with Crippen molar-refractivity contribution in [3.8, 4) is 0 Å². The molecule has 0 saturated heterocycles. The molecule has 0 unspecified atom stereocenters. The van der Waals surface area contributed by atoms with Crippen LogP contribution in [0.25, 0.3) is 0 Å². The fraction of sp³-hybridized carbons (Fsp3) is 0.600. The molecule has 0 radical (unpaired) electrons. The molecule has 0 fully saturated rings. The Bertz CT molecular complexity index is 159. The van der Waals surface area contributed by atoms with Crippen LogP contribution in [0.1, 0.15) is 13.3 Å². The van der Waals surface area contributed by atoms with Crippen molar-refractivity contribution < 1.29 is 0 Å². The first-order valence-corrected chi connectivity index (χ1v) is 4.27. The minimum absolute atomic E-state index is 0.605. The van der Waals surface area contributed by atoms with Gasteiger partial charge in [0, 0.05) is 6.54 Å². The molecule has 0 saturated carbocycles. The Labute approximate surface area is 73.5 Å². The Morgan fingerprint density at radius 3 is 2.80 bits per heavy atom. The first-order valence-electron chi connectivity index (χ1n) is 3.10. The van der Waals surface area contributed by atoms with Crippen molar-refractivity contribution in [1.29, 1.82) is 0 Å². The van der Waals surface area contributed by atoms with Crippen molar-refractivity contribution in [3.05, 3.63) is 9.76 Å². The summed E-state index contributed by atoms with van der Waals surface area (Å²) in [6.45, 7) is 3.04. The van der Waals surface area contributed by atoms with Crippen molar-refractivity contribution in [3.63, 3.8) is 0 Å². The summed E-state index contributed by atoms with van der Waals surface area (Å²) in [7, 11) is 0. The van der Waals surface area contributed by atoms with E-state index >= 15 is 0 Å². The summed E-state index contributed by atoms with van der Waals surface area (Å²) in [5, 5.41) is 2.51. The molecule has 10 heavy (non-hydrogen) atoms. The fourth-order valence-electron chi connectivity index (χ4n) is 0.713. The van der Waals surface area contributed by atoms with Crippen LogP contribution in [0.3, 0.4) is 0 Å². The highest BCUT2D eigenvalue weighted by Gasteiger charge is 2.16. The predicted octanol–water partition coefficient (Wildman–Crippen LogP) is 1.48. The lowest BCUT2D eigenvalue weighted by Crippen LogP contribution is -2.37. The summed E-state index contributed by atoms with van der Waals surface area (Å²) in [6, 6.07) is 0. The Morgan fingerprint density at radius 1 is 1.70 bits per heavy atom. The summed E-state index contributed by atoms with van der Waals surface area (Å²) in [4.78, 5) is 0. The second kappa shape index (κ2) is 3.46. The lowest BCUT2D eigenvalue weighted by molar-refractivity contribution is 0.267. The average Bonchev–Trinajstić information content (AvgIpc) is 2.20. The number of nitrogens with one attached hydrogen (secondary N) is 2. The zero-order valence-corrected chi connectivity index (χ0v) is 7.96. The van der Waals surface area contributed by atoms with Crippen LogP contribution >= 0.6 is 27.5 Å². The summed E-state index contributed by atoms with van der Waals surface area (Å²) >= 11 is 9.03. The van der Waals surface area contributed by atoms with Crippen molar-refractivity contribution in [1.82, 2.24) is 16.0 Å². The minimum atomic E-state index is 0.605. The highest BCUT2D eigenvalue weighted by atomic mass is 79.9. The maximum atomic E-state index is 5.71. The van der Waals surface area contributed by atoms with E-state index in [4.69, 9.17) is 11.6 Å². The van der Waals surface area contributed by atoms with E-state index < -0.39 is 0 Å². The third-order valence-corrected chi connectivity index (χ3v) is 2.49. The van der Waals surface area contributed by atoms with Gasteiger partial charge in [0.15, 0.2) is 0 Å². The van der Waals surface area contributed by atoms with Gasteiger partial charge in [-0.3, -0.25) is 10.4 Å². The van der Waals surface area contributed by atoms with Gasteiger partial charge in [0.25, 0.3) is 0 Å². The van der Waals surface area contributed by atoms with Gasteiger partial charge in [0.05, 0.1) is 0 Å². The first-order chi connectivity index (χ1) is 4.75. The van der Waals surface area contributed by atoms with Crippen molar-refractivity contribution in [2.24, 2.45) is 0 Å². The highest BCUT2D eigenvalue weighted by molar-refractivity contribution is 9.11. The molecule has 0 bridgehead atoms. The highest BCUT2D eigenvalue weighted by Crippen LogP contribution is 2.20. The van der Waals surface area contributed by atoms with Crippen molar-refractivity contribution in [2.45, 2.75) is 13.3 Å². The second-order valence-electron chi connectivity index (χ2n) is 1.99. The molecule has 1 heterocycles. The molecule has 1 aliphatic rings. The largest absolute Gasteiger partial charge is 0.291 e. The number of nitrogens with zero attached hydrogens (tertiary/aromatic N) is 1. The fourth-order valence-corrected chi connectivity index (χ4v) is 1.22. The number of hydrogen-bond donors (Lipinski definition) is 2. The molecule has 0 aliphatic carbocycles. The smallest absolute Gasteiger partial charge is 0.150 e. The minimum Gasteiger partial charge on any atom is -0.291 e. The van der Waals surface area contributed by atoms with Crippen LogP contribution < -0.4 is 11.0 Å². The van der Waals surface area contributed by atoms with Crippen LogP contribution in [0.2, 0.25) is 0 Å². The second-order valence-corrected chi connectivity index (χ2v) is 3.12. The van der Waals surface area contributed by atoms with Gasteiger partial charge in [0.2, 0.25) is 0 Å². The third-order valence-electron chi connectivity index (χ3n) is 1.17. The van der Waals surface area contributed by atoms with Crippen LogP contribution in [0.4, 0.5) is 0 Å². The van der Waals surface area contributed by atoms with Crippen LogP contribution in [0, 0.1) is 0 Å². The summed E-state index contributed by atoms with van der Waals surface area (Å²) in [5.74, 6) is 0. The van der Waals surface area contributed by atoms with Gasteiger partial charge in [-0.25, -0.2) is 0 Å². The molecule has 0 aromatic carbocycles. The van der Waals surface area contributed by atoms with Gasteiger partial charge in [-0.1, -0.05) is 18.5 Å². The molecule has 58 valence electrons. The number of rotatable bonds is 2. The average molecular weight is 227 g/mol. The molecule has 0 aromatic heterocycles. The molecular formula is C5H9BrClN3. The van der Waals surface area contributed by atoms with Crippen LogP contribution in [0.5, 0.6) is 0 Å². The van der Waals surface area contributed by atoms with Gasteiger partial charge < -0.3 is 0 Å². The van der Waals surface area contributed by atoms with Crippen molar-refractivity contribution >= 4 is 27.5 Å². The van der Waals surface area contributed by atoms with Gasteiger partial charge in [-0.2, -0.15) is 0 Å². The topological polar surface area (TPSA) is 27.3 Å². The van der Waals surface area contributed by atoms with Gasteiger partial charge in [-0.05, 0) is 22.4 Å². The van der Waals surface area contributed by atoms with E-state index in [1.54, 1.807) is 0 Å². The molecule has 0 spiro atoms. The zero-order chi connectivity index (χ0) is 7.56. The van der Waals surface area contributed by atoms with E-state index in [1.165, 1.54) is 0 Å². The molecule has 2 N–H and O–H groups in total. The maximum absolute atomic E-state index is 5.71. The lowest BCUT2D eigenvalue weighted by Gasteiger charge is -2.15. The molecule has 5 heteroatoms. The molecule has 3 nitrogen and oxygen atoms in total. The van der Waals surface area contributed by atoms with E-state index in [0.29, 0.717) is 5.16 Å². The maximum Gasteiger partial charge on any atom is 0.150 e. The van der Waals surface area contributed by atoms with Crippen LogP contribution in [-0.2, 0) is 0 Å². The van der Waals surface area contributed by atoms with Gasteiger partial charge in [-0.15, -0.1) is 5.53 Å². The van der Waals surface area contributed by atoms with E-state index in [0.717, 1.165) is 17.6 Å². The third kappa shape index (κ3) is 1.56. The SMILES string of the molecule is CCCN1NNC(Cl)=C1Br. The Balaban J connectivity index is 2.50. The molecule has 0 aromatic rings. The van der Waals surface area contributed by atoms with Gasteiger partial charge in [0.1, 0.15) is 9.76 Å². The normalized spacial score (nSPS) is 18.1. The lowest BCUT2D eigenvalue weighted by atomic mass is 10.5. The molecular weight excluding hydrogens is 217 g/mol. The first kappa shape index (κ1) is 8.17. The summed E-state index contributed by atoms with van der Waals surface area (Å²) in [5.41, 5.74) is 5.67. The Hall–Kier alpha value is 0.0700. The number of halogens is 2. The predicted molar refractivity (Wildman–Crippen MR) is 45.1 cm³/mol. The van der Waals surface area contributed by atoms with E-state index in [1.807, 2.05) is 5.01 Å². The monoisotopic (exact) mass is 225 g/mol. The standard InChI is InChI=1S/C5H9BrClN3/c1-2-3-10-4(6)5(7)8-9-10/h8-9H,2-3H2,1H3. The van der Waals surface area contributed by atoms with Gasteiger partial charge >= 0.3 is 0 Å². The molecule has 1 aliphatic heterocycles. The van der Waals surface area contributed by atoms with E-state index in [-0.39, 0.29) is 0 Å². The van der Waals surface area contributed by atoms with E-state index in [9.17, 15) is 0 Å². The Morgan fingerprint density at radius 2 is 2.40 bits per heavy atom. The van der Waals surface area contributed by atoms with Crippen LogP contribution in [-0.4, -0.2) is 11.6 Å². The Kier molecular flexibility index (Phi) is 2.82. The molecule has 0 amide bonds. The summed E-state index contributed by atoms with van der Waals surface area (Å²) in [6.07, 6.45) is 1.08. The number of hydrazine groups is 2. The zero-order valence-electron chi connectivity index (χ0n) is 5.62. The summed E-state index contributed by atoms with van der Waals surface area (Å²) < 4.78 is 0.871. The van der Waals surface area contributed by atoms with Crippen molar-refractivity contribution in [2.75, 3.05) is 6.54 Å².